The van der Waals surface area contributed by atoms with Gasteiger partial charge in [0.15, 0.2) is 0 Å². The lowest BCUT2D eigenvalue weighted by Crippen LogP contribution is -2.30. The minimum atomic E-state index is -4.28. The van der Waals surface area contributed by atoms with Crippen LogP contribution in [0.1, 0.15) is 24.2 Å². The van der Waals surface area contributed by atoms with Crippen LogP contribution in [0, 0.1) is 11.6 Å². The summed E-state index contributed by atoms with van der Waals surface area (Å²) in [5.41, 5.74) is 0.558. The Bertz CT molecular complexity index is 891. The molecule has 0 aliphatic heterocycles. The third-order valence-corrected chi connectivity index (χ3v) is 6.01. The van der Waals surface area contributed by atoms with Crippen molar-refractivity contribution in [1.29, 1.82) is 0 Å². The first-order valence-corrected chi connectivity index (χ1v) is 10.0. The second-order valence-electron chi connectivity index (χ2n) is 5.36. The van der Waals surface area contributed by atoms with Gasteiger partial charge in [0, 0.05) is 34.9 Å². The van der Waals surface area contributed by atoms with Crippen LogP contribution in [0.2, 0.25) is 0 Å². The van der Waals surface area contributed by atoms with E-state index in [-0.39, 0.29) is 16.1 Å². The molecule has 0 radical (unpaired) electrons. The number of hydrogen-bond acceptors (Lipinski definition) is 3. The summed E-state index contributed by atoms with van der Waals surface area (Å²) in [5.74, 6) is -2.28. The fraction of sp³-hybridized carbons (Fsp3) is 0.235. The van der Waals surface area contributed by atoms with Crippen LogP contribution in [0.3, 0.4) is 0 Å². The van der Waals surface area contributed by atoms with Crippen LogP contribution >= 0.6 is 15.9 Å². The van der Waals surface area contributed by atoms with Crippen molar-refractivity contribution in [2.75, 3.05) is 17.8 Å². The summed E-state index contributed by atoms with van der Waals surface area (Å²) >= 11 is 2.86. The molecule has 0 aliphatic carbocycles. The lowest BCUT2D eigenvalue weighted by atomic mass is 10.2. The normalized spacial score (nSPS) is 11.3. The molecule has 26 heavy (non-hydrogen) atoms. The van der Waals surface area contributed by atoms with Crippen LogP contribution in [-0.4, -0.2) is 32.3 Å². The van der Waals surface area contributed by atoms with E-state index in [4.69, 9.17) is 0 Å². The number of hydrogen-bond donors (Lipinski definition) is 1. The molecule has 0 aliphatic rings. The van der Waals surface area contributed by atoms with Crippen molar-refractivity contribution in [2.45, 2.75) is 18.7 Å². The average molecular weight is 447 g/mol. The number of halogens is 3. The third-order valence-electron chi connectivity index (χ3n) is 3.67. The van der Waals surface area contributed by atoms with Gasteiger partial charge in [-0.15, -0.1) is 0 Å². The van der Waals surface area contributed by atoms with Gasteiger partial charge in [-0.1, -0.05) is 0 Å². The van der Waals surface area contributed by atoms with Crippen LogP contribution < -0.4 is 4.72 Å². The van der Waals surface area contributed by atoms with E-state index in [2.05, 4.69) is 20.7 Å². The van der Waals surface area contributed by atoms with Crippen molar-refractivity contribution < 1.29 is 22.0 Å². The monoisotopic (exact) mass is 446 g/mol. The first-order valence-electron chi connectivity index (χ1n) is 7.76. The Labute approximate surface area is 159 Å². The molecule has 9 heteroatoms. The second-order valence-corrected chi connectivity index (χ2v) is 7.83. The molecule has 0 spiro atoms. The van der Waals surface area contributed by atoms with E-state index < -0.39 is 26.6 Å². The highest BCUT2D eigenvalue weighted by atomic mass is 79.9. The van der Waals surface area contributed by atoms with Crippen molar-refractivity contribution in [2.24, 2.45) is 0 Å². The van der Waals surface area contributed by atoms with E-state index >= 15 is 0 Å². The lowest BCUT2D eigenvalue weighted by Gasteiger charge is -2.18. The number of anilines is 1. The van der Waals surface area contributed by atoms with Gasteiger partial charge in [-0.05, 0) is 60.1 Å². The zero-order valence-electron chi connectivity index (χ0n) is 14.1. The van der Waals surface area contributed by atoms with E-state index in [0.717, 1.165) is 6.07 Å². The number of carbonyl (C=O) groups is 1. The molecule has 2 aromatic carbocycles. The number of carbonyl (C=O) groups excluding carboxylic acids is 1. The molecular formula is C17H17BrF2N2O3S. The van der Waals surface area contributed by atoms with Crippen LogP contribution in [-0.2, 0) is 10.0 Å². The number of nitrogens with one attached hydrogen (secondary N) is 1. The summed E-state index contributed by atoms with van der Waals surface area (Å²) in [4.78, 5) is 13.2. The Kier molecular flexibility index (Phi) is 6.35. The summed E-state index contributed by atoms with van der Waals surface area (Å²) in [7, 11) is -4.28. The zero-order chi connectivity index (χ0) is 19.5. The lowest BCUT2D eigenvalue weighted by molar-refractivity contribution is 0.0773. The maximum absolute atomic E-state index is 13.9. The number of nitrogens with zero attached hydrogens (tertiary/aromatic N) is 1. The van der Waals surface area contributed by atoms with Gasteiger partial charge in [-0.25, -0.2) is 17.2 Å². The molecule has 0 saturated carbocycles. The van der Waals surface area contributed by atoms with Gasteiger partial charge >= 0.3 is 0 Å². The Balaban J connectivity index is 2.27. The molecule has 140 valence electrons. The fourth-order valence-electron chi connectivity index (χ4n) is 2.37. The predicted octanol–water partition coefficient (Wildman–Crippen LogP) is 4.01. The van der Waals surface area contributed by atoms with Crippen molar-refractivity contribution in [3.05, 3.63) is 58.1 Å². The molecule has 0 bridgehead atoms. The highest BCUT2D eigenvalue weighted by molar-refractivity contribution is 9.10. The largest absolute Gasteiger partial charge is 0.339 e. The average Bonchev–Trinajstić information content (AvgIpc) is 2.54. The van der Waals surface area contributed by atoms with Gasteiger partial charge in [0.25, 0.3) is 15.9 Å². The quantitative estimate of drug-likeness (QED) is 0.728. The van der Waals surface area contributed by atoms with E-state index in [9.17, 15) is 22.0 Å². The van der Waals surface area contributed by atoms with Crippen molar-refractivity contribution >= 4 is 37.5 Å². The summed E-state index contributed by atoms with van der Waals surface area (Å²) in [6, 6.07) is 7.13. The molecular weight excluding hydrogens is 430 g/mol. The molecule has 1 N–H and O–H groups in total. The van der Waals surface area contributed by atoms with E-state index in [0.29, 0.717) is 24.7 Å². The summed E-state index contributed by atoms with van der Waals surface area (Å²) in [6.07, 6.45) is 0. The first kappa shape index (κ1) is 20.3. The van der Waals surface area contributed by atoms with Gasteiger partial charge in [0.2, 0.25) is 0 Å². The number of sulfonamides is 1. The SMILES string of the molecule is CCN(CC)C(=O)c1ccc(NS(=O)(=O)c2c(F)cc(F)cc2Br)cc1. The number of amides is 1. The van der Waals surface area contributed by atoms with Crippen molar-refractivity contribution in [1.82, 2.24) is 4.90 Å². The highest BCUT2D eigenvalue weighted by Gasteiger charge is 2.24. The fourth-order valence-corrected chi connectivity index (χ4v) is 4.59. The van der Waals surface area contributed by atoms with Crippen LogP contribution in [0.25, 0.3) is 0 Å². The Morgan fingerprint density at radius 2 is 1.69 bits per heavy atom. The van der Waals surface area contributed by atoms with E-state index in [1.54, 1.807) is 4.90 Å². The molecule has 2 aromatic rings. The number of benzene rings is 2. The highest BCUT2D eigenvalue weighted by Crippen LogP contribution is 2.28. The predicted molar refractivity (Wildman–Crippen MR) is 98.6 cm³/mol. The molecule has 1 amide bonds. The molecule has 0 atom stereocenters. The second kappa shape index (κ2) is 8.13. The first-order chi connectivity index (χ1) is 12.2. The summed E-state index contributed by atoms with van der Waals surface area (Å²) in [6.45, 7) is 4.83. The Morgan fingerprint density at radius 1 is 1.12 bits per heavy atom. The van der Waals surface area contributed by atoms with Crippen molar-refractivity contribution in [3.63, 3.8) is 0 Å². The Hall–Kier alpha value is -2.00. The molecule has 0 fully saturated rings. The summed E-state index contributed by atoms with van der Waals surface area (Å²) < 4.78 is 53.8. The van der Waals surface area contributed by atoms with E-state index in [1.165, 1.54) is 24.3 Å². The molecule has 0 unspecified atom stereocenters. The molecule has 0 heterocycles. The van der Waals surface area contributed by atoms with Crippen LogP contribution in [0.4, 0.5) is 14.5 Å². The van der Waals surface area contributed by atoms with Gasteiger partial charge < -0.3 is 4.90 Å². The van der Waals surface area contributed by atoms with Gasteiger partial charge in [-0.2, -0.15) is 0 Å². The molecule has 0 saturated heterocycles. The summed E-state index contributed by atoms with van der Waals surface area (Å²) in [5, 5.41) is 0. The van der Waals surface area contributed by atoms with Crippen LogP contribution in [0.15, 0.2) is 45.8 Å². The molecule has 5 nitrogen and oxygen atoms in total. The number of rotatable bonds is 6. The van der Waals surface area contributed by atoms with Crippen molar-refractivity contribution in [3.8, 4) is 0 Å². The van der Waals surface area contributed by atoms with E-state index in [1.807, 2.05) is 13.8 Å². The maximum atomic E-state index is 13.9. The molecule has 2 rings (SSSR count). The topological polar surface area (TPSA) is 66.5 Å². The van der Waals surface area contributed by atoms with Gasteiger partial charge in [0.05, 0.1) is 0 Å². The minimum Gasteiger partial charge on any atom is -0.339 e. The minimum absolute atomic E-state index is 0.150. The smallest absolute Gasteiger partial charge is 0.265 e. The zero-order valence-corrected chi connectivity index (χ0v) is 16.5. The van der Waals surface area contributed by atoms with Gasteiger partial charge in [0.1, 0.15) is 16.5 Å². The van der Waals surface area contributed by atoms with Crippen LogP contribution in [0.5, 0.6) is 0 Å². The third kappa shape index (κ3) is 4.39. The standard InChI is InChI=1S/C17H17BrF2N2O3S/c1-3-22(4-2)17(23)11-5-7-13(8-6-11)21-26(24,25)16-14(18)9-12(19)10-15(16)20/h5-10,21H,3-4H2,1-2H3. The van der Waals surface area contributed by atoms with Gasteiger partial charge in [-0.3, -0.25) is 9.52 Å². The maximum Gasteiger partial charge on any atom is 0.265 e. The Morgan fingerprint density at radius 3 is 2.19 bits per heavy atom. The molecule has 0 aromatic heterocycles.